The number of rotatable bonds is 5. The van der Waals surface area contributed by atoms with Crippen LogP contribution in [0, 0.1) is 25.7 Å². The van der Waals surface area contributed by atoms with Gasteiger partial charge in [0.05, 0.1) is 11.6 Å². The number of amides is 1. The second-order valence-corrected chi connectivity index (χ2v) is 9.80. The van der Waals surface area contributed by atoms with Crippen LogP contribution >= 0.6 is 11.3 Å². The van der Waals surface area contributed by atoms with Crippen LogP contribution in [0.15, 0.2) is 35.8 Å². The molecule has 1 amide bonds. The van der Waals surface area contributed by atoms with Crippen molar-refractivity contribution >= 4 is 17.2 Å². The third-order valence-corrected chi connectivity index (χ3v) is 7.34. The first-order valence-electron chi connectivity index (χ1n) is 11.1. The van der Waals surface area contributed by atoms with E-state index in [1.165, 1.54) is 17.4 Å². The summed E-state index contributed by atoms with van der Waals surface area (Å²) in [6.45, 7) is 4.52. The Kier molecular flexibility index (Phi) is 5.79. The minimum Gasteiger partial charge on any atom is -0.475 e. The van der Waals surface area contributed by atoms with Crippen LogP contribution in [0.25, 0.3) is 10.6 Å². The zero-order valence-electron chi connectivity index (χ0n) is 18.7. The first kappa shape index (κ1) is 22.8. The first-order valence-corrected chi connectivity index (χ1v) is 11.9. The number of pyridine rings is 2. The van der Waals surface area contributed by atoms with E-state index in [0.29, 0.717) is 29.6 Å². The topological polar surface area (TPSA) is 68.2 Å². The molecule has 1 aliphatic carbocycles. The maximum absolute atomic E-state index is 13.7. The summed E-state index contributed by atoms with van der Waals surface area (Å²) in [6, 6.07) is 5.70. The molecule has 2 fully saturated rings. The van der Waals surface area contributed by atoms with E-state index in [-0.39, 0.29) is 24.4 Å². The molecule has 2 aliphatic rings. The monoisotopic (exact) mass is 488 g/mol. The number of piperidine rings is 1. The fraction of sp³-hybridized carbons (Fsp3) is 0.417. The number of aryl methyl sites for hydroxylation is 2. The highest BCUT2D eigenvalue weighted by atomic mass is 32.1. The van der Waals surface area contributed by atoms with Crippen LogP contribution < -0.4 is 4.74 Å². The number of alkyl halides is 3. The summed E-state index contributed by atoms with van der Waals surface area (Å²) >= 11 is 1.47. The van der Waals surface area contributed by atoms with Crippen molar-refractivity contribution in [2.75, 3.05) is 13.2 Å². The van der Waals surface area contributed by atoms with Crippen molar-refractivity contribution < 1.29 is 22.7 Å². The van der Waals surface area contributed by atoms with Gasteiger partial charge >= 0.3 is 6.18 Å². The number of ether oxygens (including phenoxy) is 1. The standard InChI is InChI=1S/C24H23F3N4O2S/c1-13-3-5-19(22-30-14(2)12-34-22)21(29-13)23(32)31-10-16-7-15(16)8-18(31)11-33-20-6-4-17(9-28-20)24(25,26)27/h3-6,9,12,15-16,18H,7-8,10-11H2,1-2H3/t15-,16+,18+/m1/s1. The van der Waals surface area contributed by atoms with Crippen molar-refractivity contribution in [1.82, 2.24) is 19.9 Å². The van der Waals surface area contributed by atoms with E-state index in [9.17, 15) is 18.0 Å². The Morgan fingerprint density at radius 2 is 1.94 bits per heavy atom. The van der Waals surface area contributed by atoms with E-state index in [0.717, 1.165) is 41.5 Å². The largest absolute Gasteiger partial charge is 0.475 e. The molecule has 0 unspecified atom stereocenters. The highest BCUT2D eigenvalue weighted by molar-refractivity contribution is 7.13. The van der Waals surface area contributed by atoms with E-state index >= 15 is 0 Å². The van der Waals surface area contributed by atoms with Gasteiger partial charge in [-0.25, -0.2) is 15.0 Å². The van der Waals surface area contributed by atoms with Gasteiger partial charge < -0.3 is 9.64 Å². The molecule has 3 atom stereocenters. The van der Waals surface area contributed by atoms with Gasteiger partial charge in [0.15, 0.2) is 0 Å². The fourth-order valence-corrected chi connectivity index (χ4v) is 5.25. The molecule has 0 spiro atoms. The van der Waals surface area contributed by atoms with E-state index in [4.69, 9.17) is 4.74 Å². The molecule has 3 aromatic rings. The summed E-state index contributed by atoms with van der Waals surface area (Å²) in [5.41, 5.74) is 1.86. The van der Waals surface area contributed by atoms with Crippen LogP contribution in [0.3, 0.4) is 0 Å². The number of aromatic nitrogens is 3. The molecule has 0 radical (unpaired) electrons. The van der Waals surface area contributed by atoms with Crippen molar-refractivity contribution in [2.45, 2.75) is 38.9 Å². The molecule has 0 N–H and O–H groups in total. The van der Waals surface area contributed by atoms with Crippen molar-refractivity contribution in [3.63, 3.8) is 0 Å². The summed E-state index contributed by atoms with van der Waals surface area (Å²) in [4.78, 5) is 28.4. The number of likely N-dealkylation sites (tertiary alicyclic amines) is 1. The zero-order chi connectivity index (χ0) is 24.0. The molecular weight excluding hydrogens is 465 g/mol. The lowest BCUT2D eigenvalue weighted by Crippen LogP contribution is -2.48. The van der Waals surface area contributed by atoms with Crippen LogP contribution in [-0.2, 0) is 6.18 Å². The Balaban J connectivity index is 1.37. The van der Waals surface area contributed by atoms with E-state index in [1.54, 1.807) is 0 Å². The van der Waals surface area contributed by atoms with Crippen LogP contribution in [0.1, 0.15) is 40.3 Å². The van der Waals surface area contributed by atoms with Crippen molar-refractivity contribution in [2.24, 2.45) is 11.8 Å². The lowest BCUT2D eigenvalue weighted by atomic mass is 10.0. The average molecular weight is 489 g/mol. The molecule has 0 aromatic carbocycles. The predicted octanol–water partition coefficient (Wildman–Crippen LogP) is 5.17. The first-order chi connectivity index (χ1) is 16.2. The number of thiazole rings is 1. The second kappa shape index (κ2) is 8.65. The van der Waals surface area contributed by atoms with Gasteiger partial charge in [-0.1, -0.05) is 0 Å². The molecule has 0 bridgehead atoms. The third-order valence-electron chi connectivity index (χ3n) is 6.35. The van der Waals surface area contributed by atoms with Gasteiger partial charge in [0.1, 0.15) is 17.3 Å². The Labute approximate surface area is 198 Å². The molecular formula is C24H23F3N4O2S. The minimum atomic E-state index is -4.45. The molecule has 10 heteroatoms. The molecule has 1 saturated heterocycles. The van der Waals surface area contributed by atoms with Crippen LogP contribution in [-0.4, -0.2) is 45.0 Å². The average Bonchev–Trinajstić information content (AvgIpc) is 3.44. The molecule has 3 aromatic heterocycles. The van der Waals surface area contributed by atoms with Crippen molar-refractivity contribution in [3.8, 4) is 16.5 Å². The van der Waals surface area contributed by atoms with E-state index in [1.807, 2.05) is 36.3 Å². The highest BCUT2D eigenvalue weighted by Crippen LogP contribution is 2.47. The van der Waals surface area contributed by atoms with Gasteiger partial charge in [-0.05, 0) is 56.7 Å². The highest BCUT2D eigenvalue weighted by Gasteiger charge is 2.48. The Bertz CT molecular complexity index is 1210. The van der Waals surface area contributed by atoms with Gasteiger partial charge in [-0.3, -0.25) is 4.79 Å². The Morgan fingerprint density at radius 3 is 2.62 bits per heavy atom. The number of carbonyl (C=O) groups excluding carboxylic acids is 1. The third kappa shape index (κ3) is 4.64. The molecule has 5 rings (SSSR count). The van der Waals surface area contributed by atoms with E-state index in [2.05, 4.69) is 15.0 Å². The van der Waals surface area contributed by atoms with Crippen LogP contribution in [0.5, 0.6) is 5.88 Å². The number of hydrogen-bond acceptors (Lipinski definition) is 6. The zero-order valence-corrected chi connectivity index (χ0v) is 19.5. The number of fused-ring (bicyclic) bond motifs is 1. The fourth-order valence-electron chi connectivity index (χ4n) is 4.43. The van der Waals surface area contributed by atoms with Gasteiger partial charge in [0.25, 0.3) is 5.91 Å². The summed E-state index contributed by atoms with van der Waals surface area (Å²) in [7, 11) is 0. The second-order valence-electron chi connectivity index (χ2n) is 8.94. The van der Waals surface area contributed by atoms with Gasteiger partial charge in [0.2, 0.25) is 5.88 Å². The van der Waals surface area contributed by atoms with Crippen LogP contribution in [0.2, 0.25) is 0 Å². The van der Waals surface area contributed by atoms with Crippen LogP contribution in [0.4, 0.5) is 13.2 Å². The molecule has 34 heavy (non-hydrogen) atoms. The van der Waals surface area contributed by atoms with Crippen molar-refractivity contribution in [3.05, 3.63) is 58.5 Å². The lowest BCUT2D eigenvalue weighted by molar-refractivity contribution is -0.137. The summed E-state index contributed by atoms with van der Waals surface area (Å²) < 4.78 is 44.1. The Hall–Kier alpha value is -3.01. The van der Waals surface area contributed by atoms with E-state index < -0.39 is 11.7 Å². The van der Waals surface area contributed by atoms with Gasteiger partial charge in [0, 0.05) is 41.1 Å². The maximum atomic E-state index is 13.7. The van der Waals surface area contributed by atoms with Gasteiger partial charge in [-0.15, -0.1) is 11.3 Å². The maximum Gasteiger partial charge on any atom is 0.417 e. The Morgan fingerprint density at radius 1 is 1.12 bits per heavy atom. The minimum absolute atomic E-state index is 0.103. The molecule has 178 valence electrons. The normalized spacial score (nSPS) is 21.8. The number of nitrogens with zero attached hydrogens (tertiary/aromatic N) is 4. The molecule has 1 aliphatic heterocycles. The summed E-state index contributed by atoms with van der Waals surface area (Å²) in [5.74, 6) is 0.946. The molecule has 1 saturated carbocycles. The number of hydrogen-bond donors (Lipinski definition) is 0. The lowest BCUT2D eigenvalue weighted by Gasteiger charge is -2.35. The molecule has 4 heterocycles. The van der Waals surface area contributed by atoms with Crippen molar-refractivity contribution in [1.29, 1.82) is 0 Å². The quantitative estimate of drug-likeness (QED) is 0.496. The summed E-state index contributed by atoms with van der Waals surface area (Å²) in [5, 5.41) is 2.68. The smallest absolute Gasteiger partial charge is 0.417 e. The SMILES string of the molecule is Cc1csc(-c2ccc(C)nc2C(=O)N2C[C@@H]3C[C@@H]3C[C@H]2COc2ccc(C(F)(F)F)cn2)n1. The predicted molar refractivity (Wildman–Crippen MR) is 121 cm³/mol. The van der Waals surface area contributed by atoms with Gasteiger partial charge in [-0.2, -0.15) is 13.2 Å². The molecule has 6 nitrogen and oxygen atoms in total. The number of carbonyl (C=O) groups is 1. The number of halogens is 3. The summed E-state index contributed by atoms with van der Waals surface area (Å²) in [6.07, 6.45) is -1.84.